The molecule has 2 aliphatic heterocycles. The van der Waals surface area contributed by atoms with Crippen molar-refractivity contribution in [3.05, 3.63) is 29.8 Å². The van der Waals surface area contributed by atoms with Crippen LogP contribution < -0.4 is 4.74 Å². The van der Waals surface area contributed by atoms with Crippen molar-refractivity contribution in [2.24, 2.45) is 17.8 Å². The molecule has 7 nitrogen and oxygen atoms in total. The van der Waals surface area contributed by atoms with E-state index >= 15 is 0 Å². The Hall–Kier alpha value is -2.78. The number of alkyl halides is 3. The number of benzene rings is 1. The number of methoxy groups -OCH3 is 1. The van der Waals surface area contributed by atoms with E-state index in [2.05, 4.69) is 0 Å². The fourth-order valence-electron chi connectivity index (χ4n) is 3.81. The van der Waals surface area contributed by atoms with E-state index in [9.17, 15) is 27.6 Å². The number of rotatable bonds is 4. The topological polar surface area (TPSA) is 82.1 Å². The first-order chi connectivity index (χ1) is 14.0. The molecule has 4 atom stereocenters. The summed E-state index contributed by atoms with van der Waals surface area (Å²) in [6.07, 6.45) is -8.34. The number of hydrogen-bond donors (Lipinski definition) is 0. The van der Waals surface area contributed by atoms with Crippen LogP contribution >= 0.6 is 0 Å². The smallest absolute Gasteiger partial charge is 0.416 e. The van der Waals surface area contributed by atoms with Gasteiger partial charge in [0.2, 0.25) is 5.91 Å². The summed E-state index contributed by atoms with van der Waals surface area (Å²) in [5.41, 5.74) is 0.199. The van der Waals surface area contributed by atoms with Gasteiger partial charge in [0.15, 0.2) is 0 Å². The molecule has 0 aromatic heterocycles. The molecular weight excluding hydrogens is 407 g/mol. The summed E-state index contributed by atoms with van der Waals surface area (Å²) in [7, 11) is 1.42. The highest BCUT2D eigenvalue weighted by Gasteiger charge is 2.58. The second-order valence-electron chi connectivity index (χ2n) is 7.66. The molecule has 0 unspecified atom stereocenters. The Morgan fingerprint density at radius 2 is 1.83 bits per heavy atom. The SMILES string of the molecule is COc1ccc([C@H]2OC(=O)C[C@@H](C(F)(F)F)[C@@H]2C(=O)N2C(=O)OC[C@@H]2C(C)C)cc1. The first-order valence-corrected chi connectivity index (χ1v) is 9.44. The van der Waals surface area contributed by atoms with Gasteiger partial charge in [-0.2, -0.15) is 13.2 Å². The molecule has 0 aliphatic carbocycles. The van der Waals surface area contributed by atoms with Crippen molar-refractivity contribution >= 4 is 18.0 Å². The molecule has 0 bridgehead atoms. The van der Waals surface area contributed by atoms with Gasteiger partial charge >= 0.3 is 18.2 Å². The van der Waals surface area contributed by atoms with E-state index < -0.39 is 54.5 Å². The minimum Gasteiger partial charge on any atom is -0.497 e. The Labute approximate surface area is 171 Å². The molecule has 0 N–H and O–H groups in total. The fourth-order valence-corrected chi connectivity index (χ4v) is 3.81. The maximum atomic E-state index is 13.9. The number of carbonyl (C=O) groups excluding carboxylic acids is 3. The van der Waals surface area contributed by atoms with Gasteiger partial charge in [-0.15, -0.1) is 0 Å². The minimum absolute atomic E-state index is 0.0986. The van der Waals surface area contributed by atoms with E-state index in [-0.39, 0.29) is 18.1 Å². The van der Waals surface area contributed by atoms with E-state index in [1.165, 1.54) is 31.4 Å². The molecule has 0 spiro atoms. The third-order valence-electron chi connectivity index (χ3n) is 5.47. The van der Waals surface area contributed by atoms with Crippen LogP contribution in [0, 0.1) is 17.8 Å². The van der Waals surface area contributed by atoms with Crippen LogP contribution in [0.25, 0.3) is 0 Å². The zero-order valence-corrected chi connectivity index (χ0v) is 16.6. The van der Waals surface area contributed by atoms with Crippen LogP contribution in [0.1, 0.15) is 31.9 Å². The van der Waals surface area contributed by atoms with Gasteiger partial charge in [-0.3, -0.25) is 9.59 Å². The molecule has 2 aliphatic rings. The van der Waals surface area contributed by atoms with E-state index in [1.807, 2.05) is 0 Å². The van der Waals surface area contributed by atoms with Crippen LogP contribution in [0.5, 0.6) is 5.75 Å². The second-order valence-corrected chi connectivity index (χ2v) is 7.66. The highest BCUT2D eigenvalue weighted by Crippen LogP contribution is 2.47. The Morgan fingerprint density at radius 3 is 2.37 bits per heavy atom. The number of hydrogen-bond acceptors (Lipinski definition) is 6. The molecule has 0 saturated carbocycles. The summed E-state index contributed by atoms with van der Waals surface area (Å²) in [5.74, 6) is -6.02. The largest absolute Gasteiger partial charge is 0.497 e. The maximum Gasteiger partial charge on any atom is 0.416 e. The lowest BCUT2D eigenvalue weighted by molar-refractivity contribution is -0.225. The monoisotopic (exact) mass is 429 g/mol. The molecule has 2 saturated heterocycles. The van der Waals surface area contributed by atoms with Crippen molar-refractivity contribution in [3.63, 3.8) is 0 Å². The Morgan fingerprint density at radius 1 is 1.20 bits per heavy atom. The number of nitrogens with zero attached hydrogens (tertiary/aromatic N) is 1. The highest BCUT2D eigenvalue weighted by atomic mass is 19.4. The van der Waals surface area contributed by atoms with Gasteiger partial charge < -0.3 is 14.2 Å². The number of imide groups is 1. The molecule has 0 radical (unpaired) electrons. The highest BCUT2D eigenvalue weighted by molar-refractivity contribution is 5.96. The summed E-state index contributed by atoms with van der Waals surface area (Å²) in [4.78, 5) is 38.2. The number of carbonyl (C=O) groups is 3. The lowest BCUT2D eigenvalue weighted by Crippen LogP contribution is -2.53. The summed E-state index contributed by atoms with van der Waals surface area (Å²) in [5, 5.41) is 0. The van der Waals surface area contributed by atoms with Gasteiger partial charge in [0.05, 0.1) is 31.4 Å². The minimum atomic E-state index is -4.85. The van der Waals surface area contributed by atoms with Gasteiger partial charge in [0.1, 0.15) is 18.5 Å². The Kier molecular flexibility index (Phi) is 5.96. The average molecular weight is 429 g/mol. The quantitative estimate of drug-likeness (QED) is 0.682. The molecule has 164 valence electrons. The Balaban J connectivity index is 2.05. The van der Waals surface area contributed by atoms with Crippen molar-refractivity contribution in [3.8, 4) is 5.75 Å². The average Bonchev–Trinajstić information content (AvgIpc) is 3.08. The van der Waals surface area contributed by atoms with Crippen molar-refractivity contribution < 1.29 is 41.8 Å². The molecule has 1 aromatic rings. The van der Waals surface area contributed by atoms with Gasteiger partial charge in [-0.1, -0.05) is 26.0 Å². The first-order valence-electron chi connectivity index (χ1n) is 9.44. The molecule has 3 rings (SSSR count). The predicted octanol–water partition coefficient (Wildman–Crippen LogP) is 3.48. The molecule has 2 heterocycles. The zero-order chi connectivity index (χ0) is 22.2. The lowest BCUT2D eigenvalue weighted by Gasteiger charge is -2.39. The fraction of sp³-hybridized carbons (Fsp3) is 0.550. The van der Waals surface area contributed by atoms with Crippen molar-refractivity contribution in [1.29, 1.82) is 0 Å². The zero-order valence-electron chi connectivity index (χ0n) is 16.6. The number of amides is 2. The number of halogens is 3. The van der Waals surface area contributed by atoms with E-state index in [0.29, 0.717) is 5.75 Å². The summed E-state index contributed by atoms with van der Waals surface area (Å²) < 4.78 is 56.8. The van der Waals surface area contributed by atoms with Crippen molar-refractivity contribution in [2.75, 3.05) is 13.7 Å². The number of esters is 1. The lowest BCUT2D eigenvalue weighted by atomic mass is 9.78. The van der Waals surface area contributed by atoms with E-state index in [0.717, 1.165) is 4.90 Å². The normalized spacial score (nSPS) is 27.1. The Bertz CT molecular complexity index is 823. The first kappa shape index (κ1) is 21.9. The maximum absolute atomic E-state index is 13.9. The molecule has 1 aromatic carbocycles. The standard InChI is InChI=1S/C20H22F3NO6/c1-10(2)14-9-29-19(27)24(14)18(26)16-13(20(21,22)23)8-15(25)30-17(16)11-4-6-12(28-3)7-5-11/h4-7,10,13-14,16-17H,8-9H2,1-3H3/t13-,14-,16+,17-/m1/s1. The molecular formula is C20H22F3NO6. The molecule has 2 fully saturated rings. The van der Waals surface area contributed by atoms with E-state index in [4.69, 9.17) is 14.2 Å². The third-order valence-corrected chi connectivity index (χ3v) is 5.47. The number of cyclic esters (lactones) is 2. The van der Waals surface area contributed by atoms with Gasteiger partial charge in [0.25, 0.3) is 0 Å². The van der Waals surface area contributed by atoms with Crippen LogP contribution in [-0.2, 0) is 19.1 Å². The van der Waals surface area contributed by atoms with Crippen LogP contribution in [0.4, 0.5) is 18.0 Å². The van der Waals surface area contributed by atoms with Crippen molar-refractivity contribution in [1.82, 2.24) is 4.90 Å². The number of ether oxygens (including phenoxy) is 3. The molecule has 2 amide bonds. The van der Waals surface area contributed by atoms with Crippen LogP contribution in [-0.4, -0.2) is 48.8 Å². The van der Waals surface area contributed by atoms with Gasteiger partial charge in [0, 0.05) is 0 Å². The van der Waals surface area contributed by atoms with Crippen molar-refractivity contribution in [2.45, 2.75) is 38.6 Å². The van der Waals surface area contributed by atoms with Crippen LogP contribution in [0.3, 0.4) is 0 Å². The van der Waals surface area contributed by atoms with Gasteiger partial charge in [-0.05, 0) is 23.6 Å². The second kappa shape index (κ2) is 8.16. The summed E-state index contributed by atoms with van der Waals surface area (Å²) in [6.45, 7) is 3.37. The molecule has 10 heteroatoms. The predicted molar refractivity (Wildman–Crippen MR) is 96.3 cm³/mol. The van der Waals surface area contributed by atoms with E-state index in [1.54, 1.807) is 13.8 Å². The summed E-state index contributed by atoms with van der Waals surface area (Å²) >= 11 is 0. The molecule has 30 heavy (non-hydrogen) atoms. The van der Waals surface area contributed by atoms with Crippen LogP contribution in [0.2, 0.25) is 0 Å². The van der Waals surface area contributed by atoms with Gasteiger partial charge in [-0.25, -0.2) is 9.69 Å². The third kappa shape index (κ3) is 4.08. The summed E-state index contributed by atoms with van der Waals surface area (Å²) in [6, 6.07) is 5.13. The van der Waals surface area contributed by atoms with Crippen LogP contribution in [0.15, 0.2) is 24.3 Å².